The van der Waals surface area contributed by atoms with Crippen LogP contribution in [-0.2, 0) is 0 Å². The summed E-state index contributed by atoms with van der Waals surface area (Å²) < 4.78 is 0. The first kappa shape index (κ1) is 12.4. The first-order valence-corrected chi connectivity index (χ1v) is 6.41. The number of nitrogens with zero attached hydrogens (tertiary/aromatic N) is 1. The minimum Gasteiger partial charge on any atom is -0.383 e. The molecule has 20 heavy (non-hydrogen) atoms. The Morgan fingerprint density at radius 3 is 2.65 bits per heavy atom. The van der Waals surface area contributed by atoms with Gasteiger partial charge in [0.25, 0.3) is 0 Å². The highest BCUT2D eigenvalue weighted by atomic mass is 16.1. The van der Waals surface area contributed by atoms with Crippen LogP contribution in [0.15, 0.2) is 54.7 Å². The lowest BCUT2D eigenvalue weighted by atomic mass is 9.97. The molecule has 0 aliphatic carbocycles. The Balaban J connectivity index is 2.20. The van der Waals surface area contributed by atoms with E-state index >= 15 is 0 Å². The third kappa shape index (κ3) is 2.03. The van der Waals surface area contributed by atoms with E-state index in [1.54, 1.807) is 12.3 Å². The Kier molecular flexibility index (Phi) is 2.95. The highest BCUT2D eigenvalue weighted by Crippen LogP contribution is 2.23. The zero-order chi connectivity index (χ0) is 14.1. The van der Waals surface area contributed by atoms with Gasteiger partial charge in [-0.05, 0) is 29.3 Å². The van der Waals surface area contributed by atoms with E-state index < -0.39 is 0 Å². The Morgan fingerprint density at radius 2 is 1.80 bits per heavy atom. The van der Waals surface area contributed by atoms with Gasteiger partial charge in [-0.2, -0.15) is 0 Å². The van der Waals surface area contributed by atoms with Gasteiger partial charge in [0, 0.05) is 11.8 Å². The van der Waals surface area contributed by atoms with E-state index in [0.29, 0.717) is 11.1 Å². The van der Waals surface area contributed by atoms with Crippen molar-refractivity contribution in [2.24, 2.45) is 0 Å². The van der Waals surface area contributed by atoms with Gasteiger partial charge in [-0.3, -0.25) is 4.79 Å². The second-order valence-corrected chi connectivity index (χ2v) is 4.80. The van der Waals surface area contributed by atoms with E-state index in [4.69, 9.17) is 5.73 Å². The maximum absolute atomic E-state index is 12.7. The topological polar surface area (TPSA) is 56.0 Å². The van der Waals surface area contributed by atoms with Gasteiger partial charge in [-0.15, -0.1) is 0 Å². The molecule has 1 aromatic heterocycles. The molecule has 0 amide bonds. The number of anilines is 1. The van der Waals surface area contributed by atoms with Crippen molar-refractivity contribution in [3.63, 3.8) is 0 Å². The molecule has 3 rings (SSSR count). The zero-order valence-corrected chi connectivity index (χ0v) is 11.1. The number of aryl methyl sites for hydroxylation is 1. The van der Waals surface area contributed by atoms with Crippen molar-refractivity contribution in [1.29, 1.82) is 0 Å². The van der Waals surface area contributed by atoms with Crippen molar-refractivity contribution in [2.45, 2.75) is 6.92 Å². The summed E-state index contributed by atoms with van der Waals surface area (Å²) >= 11 is 0. The summed E-state index contributed by atoms with van der Waals surface area (Å²) in [5.74, 6) is 0.184. The summed E-state index contributed by atoms with van der Waals surface area (Å²) in [6.45, 7) is 1.90. The second kappa shape index (κ2) is 4.78. The number of hydrogen-bond donors (Lipinski definition) is 1. The molecule has 0 unspecified atom stereocenters. The fourth-order valence-corrected chi connectivity index (χ4v) is 2.33. The van der Waals surface area contributed by atoms with Crippen molar-refractivity contribution >= 4 is 22.4 Å². The van der Waals surface area contributed by atoms with Crippen LogP contribution >= 0.6 is 0 Å². The van der Waals surface area contributed by atoms with Crippen LogP contribution < -0.4 is 5.73 Å². The lowest BCUT2D eigenvalue weighted by Gasteiger charge is -2.08. The molecule has 3 heteroatoms. The highest BCUT2D eigenvalue weighted by Gasteiger charge is 2.15. The lowest BCUT2D eigenvalue weighted by Crippen LogP contribution is -2.08. The largest absolute Gasteiger partial charge is 0.383 e. The number of nitrogen functional groups attached to an aromatic ring is 1. The van der Waals surface area contributed by atoms with Gasteiger partial charge in [-0.1, -0.05) is 42.5 Å². The first-order valence-electron chi connectivity index (χ1n) is 6.41. The Labute approximate surface area is 117 Å². The van der Waals surface area contributed by atoms with E-state index in [2.05, 4.69) is 4.98 Å². The molecule has 98 valence electrons. The number of carbonyl (C=O) groups excluding carboxylic acids is 1. The van der Waals surface area contributed by atoms with Crippen LogP contribution in [-0.4, -0.2) is 10.8 Å². The summed E-state index contributed by atoms with van der Waals surface area (Å²) in [5, 5.41) is 1.97. The lowest BCUT2D eigenvalue weighted by molar-refractivity contribution is 0.104. The van der Waals surface area contributed by atoms with E-state index in [0.717, 1.165) is 16.3 Å². The van der Waals surface area contributed by atoms with Gasteiger partial charge in [-0.25, -0.2) is 4.98 Å². The SMILES string of the molecule is Cc1cnc(N)c(C(=O)c2cccc3ccccc23)c1. The standard InChI is InChI=1S/C17H14N2O/c1-11-9-15(17(18)19-10-11)16(20)14-8-4-6-12-5-2-3-7-13(12)14/h2-10H,1H3,(H2,18,19). The Morgan fingerprint density at radius 1 is 1.05 bits per heavy atom. The summed E-state index contributed by atoms with van der Waals surface area (Å²) in [6.07, 6.45) is 1.66. The molecule has 0 radical (unpaired) electrons. The Hall–Kier alpha value is -2.68. The average Bonchev–Trinajstić information content (AvgIpc) is 2.48. The van der Waals surface area contributed by atoms with Gasteiger partial charge in [0.1, 0.15) is 5.82 Å². The number of ketones is 1. The predicted molar refractivity (Wildman–Crippen MR) is 80.8 cm³/mol. The molecular formula is C17H14N2O. The van der Waals surface area contributed by atoms with Gasteiger partial charge in [0.15, 0.2) is 5.78 Å². The third-order valence-corrected chi connectivity index (χ3v) is 3.33. The smallest absolute Gasteiger partial charge is 0.197 e. The molecular weight excluding hydrogens is 248 g/mol. The number of hydrogen-bond acceptors (Lipinski definition) is 3. The molecule has 1 heterocycles. The molecule has 3 nitrogen and oxygen atoms in total. The third-order valence-electron chi connectivity index (χ3n) is 3.33. The van der Waals surface area contributed by atoms with Crippen LogP contribution in [0.1, 0.15) is 21.5 Å². The van der Waals surface area contributed by atoms with Crippen LogP contribution in [0, 0.1) is 6.92 Å². The number of pyridine rings is 1. The van der Waals surface area contributed by atoms with Crippen LogP contribution in [0.25, 0.3) is 10.8 Å². The molecule has 0 saturated heterocycles. The Bertz CT molecular complexity index is 804. The molecule has 0 bridgehead atoms. The van der Waals surface area contributed by atoms with E-state index in [1.807, 2.05) is 49.4 Å². The van der Waals surface area contributed by atoms with Crippen LogP contribution in [0.2, 0.25) is 0 Å². The molecule has 0 spiro atoms. The average molecular weight is 262 g/mol. The normalized spacial score (nSPS) is 10.7. The maximum Gasteiger partial charge on any atom is 0.197 e. The summed E-state index contributed by atoms with van der Waals surface area (Å²) in [4.78, 5) is 16.8. The number of carbonyl (C=O) groups is 1. The zero-order valence-electron chi connectivity index (χ0n) is 11.1. The predicted octanol–water partition coefficient (Wildman–Crippen LogP) is 3.36. The molecule has 0 aliphatic rings. The van der Waals surface area contributed by atoms with Crippen molar-refractivity contribution in [1.82, 2.24) is 4.98 Å². The second-order valence-electron chi connectivity index (χ2n) is 4.80. The highest BCUT2D eigenvalue weighted by molar-refractivity contribution is 6.18. The maximum atomic E-state index is 12.7. The van der Waals surface area contributed by atoms with Crippen molar-refractivity contribution in [2.75, 3.05) is 5.73 Å². The number of nitrogens with two attached hydrogens (primary N) is 1. The van der Waals surface area contributed by atoms with Crippen molar-refractivity contribution < 1.29 is 4.79 Å². The number of aromatic nitrogens is 1. The molecule has 2 N–H and O–H groups in total. The summed E-state index contributed by atoms with van der Waals surface area (Å²) in [7, 11) is 0. The van der Waals surface area contributed by atoms with Crippen LogP contribution in [0.5, 0.6) is 0 Å². The quantitative estimate of drug-likeness (QED) is 0.720. The number of fused-ring (bicyclic) bond motifs is 1. The van der Waals surface area contributed by atoms with Gasteiger partial charge in [0.2, 0.25) is 0 Å². The van der Waals surface area contributed by atoms with Gasteiger partial charge < -0.3 is 5.73 Å². The van der Waals surface area contributed by atoms with Gasteiger partial charge >= 0.3 is 0 Å². The van der Waals surface area contributed by atoms with Gasteiger partial charge in [0.05, 0.1) is 5.56 Å². The van der Waals surface area contributed by atoms with Crippen molar-refractivity contribution in [3.8, 4) is 0 Å². The monoisotopic (exact) mass is 262 g/mol. The number of rotatable bonds is 2. The van der Waals surface area contributed by atoms with E-state index in [-0.39, 0.29) is 11.6 Å². The molecule has 0 fully saturated rings. The molecule has 0 aliphatic heterocycles. The van der Waals surface area contributed by atoms with E-state index in [9.17, 15) is 4.79 Å². The first-order chi connectivity index (χ1) is 9.66. The van der Waals surface area contributed by atoms with Crippen molar-refractivity contribution in [3.05, 3.63) is 71.4 Å². The van der Waals surface area contributed by atoms with Crippen LogP contribution in [0.4, 0.5) is 5.82 Å². The molecule has 3 aromatic rings. The van der Waals surface area contributed by atoms with Crippen LogP contribution in [0.3, 0.4) is 0 Å². The molecule has 0 atom stereocenters. The minimum absolute atomic E-state index is 0.0875. The number of benzene rings is 2. The summed E-state index contributed by atoms with van der Waals surface area (Å²) in [6, 6.07) is 15.3. The van der Waals surface area contributed by atoms with E-state index in [1.165, 1.54) is 0 Å². The molecule has 0 saturated carbocycles. The summed E-state index contributed by atoms with van der Waals surface area (Å²) in [5.41, 5.74) is 7.87. The molecule has 2 aromatic carbocycles. The minimum atomic E-state index is -0.0875. The fraction of sp³-hybridized carbons (Fsp3) is 0.0588. The fourth-order valence-electron chi connectivity index (χ4n) is 2.33.